The van der Waals surface area contributed by atoms with Crippen molar-refractivity contribution in [2.45, 2.75) is 103 Å². The number of nitrogens with zero attached hydrogens (tertiary/aromatic N) is 1. The second kappa shape index (κ2) is 11.3. The third-order valence-corrected chi connectivity index (χ3v) is 13.5. The first-order valence-corrected chi connectivity index (χ1v) is 20.0. The highest BCUT2D eigenvalue weighted by Gasteiger charge is 2.60. The van der Waals surface area contributed by atoms with Gasteiger partial charge in [-0.2, -0.15) is 0 Å². The summed E-state index contributed by atoms with van der Waals surface area (Å²) < 4.78 is 7.01. The average molecular weight is 706 g/mol. The van der Waals surface area contributed by atoms with Crippen LogP contribution >= 0.6 is 0 Å². The molecule has 1 radical (unpaired) electrons. The second-order valence-corrected chi connectivity index (χ2v) is 18.9. The summed E-state index contributed by atoms with van der Waals surface area (Å²) in [5.41, 5.74) is 16.0. The summed E-state index contributed by atoms with van der Waals surface area (Å²) in [6, 6.07) is 38.6. The molecule has 3 heterocycles. The van der Waals surface area contributed by atoms with Gasteiger partial charge < -0.3 is 14.6 Å². The van der Waals surface area contributed by atoms with Crippen LogP contribution in [0.25, 0.3) is 43.8 Å². The van der Waals surface area contributed by atoms with Gasteiger partial charge in [0.25, 0.3) is 0 Å². The summed E-state index contributed by atoms with van der Waals surface area (Å²) in [6.07, 6.45) is 4.81. The Morgan fingerprint density at radius 3 is 2.09 bits per heavy atom. The first-order valence-electron chi connectivity index (χ1n) is 20.0. The molecule has 1 aromatic heterocycles. The molecule has 0 bridgehead atoms. The van der Waals surface area contributed by atoms with Crippen LogP contribution in [0.3, 0.4) is 0 Å². The van der Waals surface area contributed by atoms with E-state index in [1.807, 2.05) is 0 Å². The maximum Gasteiger partial charge on any atom is 0.198 e. The zero-order valence-electron chi connectivity index (χ0n) is 33.1. The fraction of sp³-hybridized carbons (Fsp3) is 0.320. The summed E-state index contributed by atoms with van der Waals surface area (Å²) in [5.74, 6) is 0. The first kappa shape index (κ1) is 33.6. The summed E-state index contributed by atoms with van der Waals surface area (Å²) >= 11 is 0. The van der Waals surface area contributed by atoms with Crippen molar-refractivity contribution in [2.75, 3.05) is 10.2 Å². The topological polar surface area (TPSA) is 28.4 Å². The Bertz CT molecular complexity index is 2670. The predicted molar refractivity (Wildman–Crippen MR) is 232 cm³/mol. The largest absolute Gasteiger partial charge is 0.454 e. The van der Waals surface area contributed by atoms with Crippen molar-refractivity contribution < 1.29 is 4.42 Å². The molecule has 3 nitrogen and oxygen atoms in total. The fourth-order valence-corrected chi connectivity index (χ4v) is 10.1. The molecule has 54 heavy (non-hydrogen) atoms. The van der Waals surface area contributed by atoms with Crippen LogP contribution in [0.15, 0.2) is 108 Å². The zero-order valence-corrected chi connectivity index (χ0v) is 33.1. The fourth-order valence-electron chi connectivity index (χ4n) is 10.1. The molecule has 6 aromatic carbocycles. The van der Waals surface area contributed by atoms with Crippen molar-refractivity contribution in [2.24, 2.45) is 0 Å². The Morgan fingerprint density at radius 1 is 0.667 bits per heavy atom. The lowest BCUT2D eigenvalue weighted by atomic mass is 9.57. The Hall–Kier alpha value is -4.96. The van der Waals surface area contributed by atoms with Gasteiger partial charge in [0.05, 0.1) is 11.2 Å². The number of nitrogens with one attached hydrogen (secondary N) is 1. The molecule has 2 atom stereocenters. The standard InChI is InChI=1S/C50H50BN2O/c1-47(2,3)32-19-21-34(22-20-32)52-41-26-31-16-10-9-15-30(31)25-36(41)37-29-38-35-17-11-12-18-42(35)54-46(38)45-43(37)51-40-28-33(48(4,5)6)27-39-44(40)53(45)50(8)24-14-13-23-49(39,50)7/h9-12,15-22,25-29,52H,13-14,23-24H2,1-8H3. The van der Waals surface area contributed by atoms with Crippen molar-refractivity contribution >= 4 is 73.7 Å². The maximum absolute atomic E-state index is 7.01. The number of benzene rings is 6. The average Bonchev–Trinajstić information content (AvgIpc) is 3.61. The number of para-hydroxylation sites is 1. The summed E-state index contributed by atoms with van der Waals surface area (Å²) in [7, 11) is 2.50. The third kappa shape index (κ3) is 4.74. The number of rotatable bonds is 3. The minimum atomic E-state index is -0.106. The van der Waals surface area contributed by atoms with Crippen LogP contribution < -0.4 is 21.1 Å². The van der Waals surface area contributed by atoms with Crippen molar-refractivity contribution in [3.63, 3.8) is 0 Å². The van der Waals surface area contributed by atoms with E-state index in [1.54, 1.807) is 0 Å². The number of hydrogen-bond donors (Lipinski definition) is 1. The van der Waals surface area contributed by atoms with Gasteiger partial charge in [-0.05, 0) is 105 Å². The van der Waals surface area contributed by atoms with Crippen LogP contribution in [0.1, 0.15) is 97.8 Å². The van der Waals surface area contributed by atoms with Crippen LogP contribution in [0.2, 0.25) is 0 Å². The highest BCUT2D eigenvalue weighted by Crippen LogP contribution is 2.62. The van der Waals surface area contributed by atoms with Crippen LogP contribution in [-0.2, 0) is 16.2 Å². The molecule has 10 rings (SSSR count). The monoisotopic (exact) mass is 705 g/mol. The first-order chi connectivity index (χ1) is 25.7. The third-order valence-electron chi connectivity index (χ3n) is 13.5. The highest BCUT2D eigenvalue weighted by atomic mass is 16.3. The van der Waals surface area contributed by atoms with Crippen LogP contribution in [0.4, 0.5) is 22.7 Å². The van der Waals surface area contributed by atoms with Crippen molar-refractivity contribution in [3.8, 4) is 11.1 Å². The Labute approximate surface area is 321 Å². The van der Waals surface area contributed by atoms with E-state index in [1.165, 1.54) is 85.5 Å². The van der Waals surface area contributed by atoms with Gasteiger partial charge in [0, 0.05) is 38.8 Å². The van der Waals surface area contributed by atoms with E-state index >= 15 is 0 Å². The van der Waals surface area contributed by atoms with Gasteiger partial charge in [-0.1, -0.05) is 134 Å². The molecule has 269 valence electrons. The van der Waals surface area contributed by atoms with Crippen molar-refractivity contribution in [1.29, 1.82) is 0 Å². The molecule has 3 aliphatic rings. The van der Waals surface area contributed by atoms with Gasteiger partial charge in [-0.15, -0.1) is 0 Å². The van der Waals surface area contributed by atoms with E-state index < -0.39 is 0 Å². The van der Waals surface area contributed by atoms with E-state index in [-0.39, 0.29) is 21.8 Å². The highest BCUT2D eigenvalue weighted by molar-refractivity contribution is 6.74. The SMILES string of the molecule is CC(C)(C)c1ccc(Nc2cc3ccccc3cc2-c2cc3c(oc4ccccc43)c3c2[B]c2cc(C(C)(C)C)cc4c2N3C2(C)CCCCC42C)cc1. The normalized spacial score (nSPS) is 20.6. The van der Waals surface area contributed by atoms with Crippen LogP contribution in [-0.4, -0.2) is 12.8 Å². The Morgan fingerprint density at radius 2 is 1.35 bits per heavy atom. The molecule has 1 saturated carbocycles. The molecular weight excluding hydrogens is 655 g/mol. The summed E-state index contributed by atoms with van der Waals surface area (Å²) in [4.78, 5) is 2.77. The molecule has 2 aliphatic heterocycles. The van der Waals surface area contributed by atoms with E-state index in [4.69, 9.17) is 4.42 Å². The van der Waals surface area contributed by atoms with Gasteiger partial charge in [0.15, 0.2) is 12.9 Å². The van der Waals surface area contributed by atoms with Crippen LogP contribution in [0.5, 0.6) is 0 Å². The number of hydrogen-bond acceptors (Lipinski definition) is 3. The van der Waals surface area contributed by atoms with Gasteiger partial charge in [0.1, 0.15) is 5.58 Å². The molecule has 7 aromatic rings. The number of anilines is 4. The molecule has 0 spiro atoms. The number of furan rings is 1. The molecule has 2 unspecified atom stereocenters. The molecule has 0 saturated heterocycles. The lowest BCUT2D eigenvalue weighted by molar-refractivity contribution is 0.195. The zero-order chi connectivity index (χ0) is 37.4. The van der Waals surface area contributed by atoms with Gasteiger partial charge in [-0.3, -0.25) is 0 Å². The predicted octanol–water partition coefficient (Wildman–Crippen LogP) is 12.5. The Kier molecular flexibility index (Phi) is 7.03. The Balaban J connectivity index is 1.29. The lowest BCUT2D eigenvalue weighted by Gasteiger charge is -2.51. The molecule has 4 heteroatoms. The molecule has 1 N–H and O–H groups in total. The summed E-state index contributed by atoms with van der Waals surface area (Å²) in [5, 5.41) is 8.70. The van der Waals surface area contributed by atoms with E-state index in [2.05, 4.69) is 176 Å². The smallest absolute Gasteiger partial charge is 0.198 e. The van der Waals surface area contributed by atoms with Crippen molar-refractivity contribution in [3.05, 3.63) is 120 Å². The van der Waals surface area contributed by atoms with Crippen LogP contribution in [0, 0.1) is 0 Å². The van der Waals surface area contributed by atoms with Gasteiger partial charge >= 0.3 is 0 Å². The summed E-state index contributed by atoms with van der Waals surface area (Å²) in [6.45, 7) is 19.0. The number of fused-ring (bicyclic) bond motifs is 10. The van der Waals surface area contributed by atoms with E-state index in [0.29, 0.717) is 0 Å². The molecule has 0 amide bonds. The van der Waals surface area contributed by atoms with Gasteiger partial charge in [0.2, 0.25) is 0 Å². The molecule has 1 aliphatic carbocycles. The minimum Gasteiger partial charge on any atom is -0.454 e. The lowest BCUT2D eigenvalue weighted by Crippen LogP contribution is -2.57. The molecule has 1 fully saturated rings. The van der Waals surface area contributed by atoms with Crippen molar-refractivity contribution in [1.82, 2.24) is 0 Å². The van der Waals surface area contributed by atoms with Gasteiger partial charge in [-0.25, -0.2) is 0 Å². The second-order valence-electron chi connectivity index (χ2n) is 18.9. The molecular formula is C50H50BN2O. The minimum absolute atomic E-state index is 0.00920. The quantitative estimate of drug-likeness (QED) is 0.186. The van der Waals surface area contributed by atoms with E-state index in [9.17, 15) is 0 Å². The van der Waals surface area contributed by atoms with E-state index in [0.717, 1.165) is 34.3 Å². The maximum atomic E-state index is 7.01.